The summed E-state index contributed by atoms with van der Waals surface area (Å²) in [6.07, 6.45) is 5.35. The predicted molar refractivity (Wildman–Crippen MR) is 119 cm³/mol. The van der Waals surface area contributed by atoms with Gasteiger partial charge in [-0.25, -0.2) is 0 Å². The van der Waals surface area contributed by atoms with Gasteiger partial charge in [-0.1, -0.05) is 19.1 Å². The van der Waals surface area contributed by atoms with Crippen LogP contribution in [0, 0.1) is 0 Å². The number of hydrogen-bond donors (Lipinski definition) is 2. The van der Waals surface area contributed by atoms with Gasteiger partial charge in [0.1, 0.15) is 5.75 Å². The number of anilines is 1. The van der Waals surface area contributed by atoms with E-state index in [4.69, 9.17) is 17.0 Å². The minimum Gasteiger partial charge on any atom is -0.494 e. The first-order valence-electron chi connectivity index (χ1n) is 9.47. The molecule has 1 heterocycles. The second-order valence-electron chi connectivity index (χ2n) is 6.51. The first-order chi connectivity index (χ1) is 14.1. The number of nitrogens with one attached hydrogen (secondary N) is 2. The van der Waals surface area contributed by atoms with Gasteiger partial charge in [-0.15, -0.1) is 0 Å². The van der Waals surface area contributed by atoms with Crippen molar-refractivity contribution in [3.63, 3.8) is 0 Å². The lowest BCUT2D eigenvalue weighted by Gasteiger charge is -2.11. The van der Waals surface area contributed by atoms with Crippen molar-refractivity contribution in [1.29, 1.82) is 0 Å². The van der Waals surface area contributed by atoms with E-state index in [1.165, 1.54) is 11.1 Å². The van der Waals surface area contributed by atoms with Gasteiger partial charge in [-0.2, -0.15) is 0 Å². The van der Waals surface area contributed by atoms with Gasteiger partial charge in [0, 0.05) is 23.6 Å². The quantitative estimate of drug-likeness (QED) is 0.563. The molecule has 3 rings (SSSR count). The van der Waals surface area contributed by atoms with Gasteiger partial charge in [0.05, 0.1) is 6.61 Å². The molecule has 0 unspecified atom stereocenters. The van der Waals surface area contributed by atoms with Crippen molar-refractivity contribution in [3.05, 3.63) is 89.7 Å². The summed E-state index contributed by atoms with van der Waals surface area (Å²) in [6.45, 7) is 2.70. The van der Waals surface area contributed by atoms with Crippen molar-refractivity contribution >= 4 is 28.9 Å². The highest BCUT2D eigenvalue weighted by atomic mass is 32.1. The van der Waals surface area contributed by atoms with Crippen molar-refractivity contribution in [3.8, 4) is 5.75 Å². The largest absolute Gasteiger partial charge is 0.494 e. The molecule has 1 aromatic heterocycles. The summed E-state index contributed by atoms with van der Waals surface area (Å²) >= 11 is 5.26. The molecule has 29 heavy (non-hydrogen) atoms. The zero-order valence-corrected chi connectivity index (χ0v) is 17.0. The van der Waals surface area contributed by atoms with Crippen LogP contribution >= 0.6 is 12.2 Å². The van der Waals surface area contributed by atoms with E-state index >= 15 is 0 Å². The summed E-state index contributed by atoms with van der Waals surface area (Å²) in [6, 6.07) is 18.9. The fourth-order valence-corrected chi connectivity index (χ4v) is 2.91. The number of pyridine rings is 1. The molecule has 148 valence electrons. The number of rotatable bonds is 7. The monoisotopic (exact) mass is 405 g/mol. The van der Waals surface area contributed by atoms with E-state index in [1.807, 2.05) is 43.3 Å². The number of carbonyl (C=O) groups is 1. The summed E-state index contributed by atoms with van der Waals surface area (Å²) < 4.78 is 5.52. The van der Waals surface area contributed by atoms with Gasteiger partial charge >= 0.3 is 0 Å². The molecule has 0 fully saturated rings. The zero-order valence-electron chi connectivity index (χ0n) is 16.2. The van der Waals surface area contributed by atoms with Gasteiger partial charge in [0.15, 0.2) is 5.11 Å². The van der Waals surface area contributed by atoms with Crippen molar-refractivity contribution in [2.24, 2.45) is 0 Å². The molecule has 0 bridgehead atoms. The molecular weight excluding hydrogens is 382 g/mol. The maximum Gasteiger partial charge on any atom is 0.257 e. The molecule has 0 aliphatic carbocycles. The van der Waals surface area contributed by atoms with Crippen molar-refractivity contribution < 1.29 is 9.53 Å². The number of amides is 1. The van der Waals surface area contributed by atoms with E-state index in [0.29, 0.717) is 12.2 Å². The van der Waals surface area contributed by atoms with Crippen LogP contribution in [0.2, 0.25) is 0 Å². The van der Waals surface area contributed by atoms with Crippen LogP contribution in [0.15, 0.2) is 73.1 Å². The lowest BCUT2D eigenvalue weighted by atomic mass is 10.1. The Bertz CT molecular complexity index is 942. The Kier molecular flexibility index (Phi) is 7.30. The Labute approximate surface area is 176 Å². The smallest absolute Gasteiger partial charge is 0.257 e. The molecule has 0 spiro atoms. The fraction of sp³-hybridized carbons (Fsp3) is 0.174. The van der Waals surface area contributed by atoms with Gasteiger partial charge in [-0.3, -0.25) is 15.1 Å². The molecule has 2 aromatic carbocycles. The summed E-state index contributed by atoms with van der Waals surface area (Å²) in [7, 11) is 0. The maximum atomic E-state index is 12.3. The fourth-order valence-electron chi connectivity index (χ4n) is 2.70. The molecule has 6 heteroatoms. The van der Waals surface area contributed by atoms with Crippen LogP contribution in [-0.2, 0) is 6.42 Å². The number of ether oxygens (including phenoxy) is 1. The first kappa shape index (κ1) is 20.5. The number of thiocarbonyl (C=S) groups is 1. The summed E-state index contributed by atoms with van der Waals surface area (Å²) in [5.41, 5.74) is 3.72. The van der Waals surface area contributed by atoms with Gasteiger partial charge in [-0.05, 0) is 84.7 Å². The Morgan fingerprint density at radius 3 is 2.28 bits per heavy atom. The number of hydrogen-bond acceptors (Lipinski definition) is 4. The third kappa shape index (κ3) is 6.40. The van der Waals surface area contributed by atoms with Crippen molar-refractivity contribution in [1.82, 2.24) is 10.3 Å². The molecule has 3 aromatic rings. The highest BCUT2D eigenvalue weighted by Crippen LogP contribution is 2.14. The number of aromatic nitrogens is 1. The van der Waals surface area contributed by atoms with Crippen LogP contribution in [0.4, 0.5) is 5.69 Å². The molecular formula is C23H23N3O2S. The lowest BCUT2D eigenvalue weighted by Crippen LogP contribution is -2.34. The van der Waals surface area contributed by atoms with Crippen molar-refractivity contribution in [2.45, 2.75) is 19.8 Å². The third-order valence-electron chi connectivity index (χ3n) is 4.19. The Hall–Kier alpha value is -3.25. The van der Waals surface area contributed by atoms with E-state index < -0.39 is 0 Å². The molecule has 0 aliphatic rings. The zero-order chi connectivity index (χ0) is 20.5. The lowest BCUT2D eigenvalue weighted by molar-refractivity contribution is 0.0977. The number of carbonyl (C=O) groups excluding carboxylic acids is 1. The minimum absolute atomic E-state index is 0.253. The topological polar surface area (TPSA) is 63.2 Å². The van der Waals surface area contributed by atoms with Crippen LogP contribution in [0.5, 0.6) is 5.75 Å². The van der Waals surface area contributed by atoms with Gasteiger partial charge in [0.25, 0.3) is 5.91 Å². The summed E-state index contributed by atoms with van der Waals surface area (Å²) in [4.78, 5) is 16.4. The minimum atomic E-state index is -0.265. The Morgan fingerprint density at radius 2 is 1.62 bits per heavy atom. The van der Waals surface area contributed by atoms with Crippen LogP contribution in [0.1, 0.15) is 34.8 Å². The molecule has 2 N–H and O–H groups in total. The molecule has 0 saturated carbocycles. The van der Waals surface area contributed by atoms with E-state index in [0.717, 1.165) is 24.3 Å². The Morgan fingerprint density at radius 1 is 0.966 bits per heavy atom. The molecule has 0 radical (unpaired) electrons. The summed E-state index contributed by atoms with van der Waals surface area (Å²) in [5, 5.41) is 5.99. The van der Waals surface area contributed by atoms with Gasteiger partial charge in [0.2, 0.25) is 0 Å². The maximum absolute atomic E-state index is 12.3. The van der Waals surface area contributed by atoms with E-state index in [-0.39, 0.29) is 11.0 Å². The van der Waals surface area contributed by atoms with Crippen molar-refractivity contribution in [2.75, 3.05) is 11.9 Å². The third-order valence-corrected chi connectivity index (χ3v) is 4.39. The highest BCUT2D eigenvalue weighted by molar-refractivity contribution is 7.80. The standard InChI is InChI=1S/C23H23N3O2S/c1-2-15-28-21-9-5-19(6-10-21)22(27)26-23(29)25-20-7-3-17(4-8-20)16-18-11-13-24-14-12-18/h3-14H,2,15-16H2,1H3,(H2,25,26,27,29). The van der Waals surface area contributed by atoms with Crippen LogP contribution < -0.4 is 15.4 Å². The molecule has 0 saturated heterocycles. The normalized spacial score (nSPS) is 10.2. The second kappa shape index (κ2) is 10.3. The molecule has 0 atom stereocenters. The van der Waals surface area contributed by atoms with Crippen LogP contribution in [0.3, 0.4) is 0 Å². The molecule has 1 amide bonds. The number of benzene rings is 2. The molecule has 0 aliphatic heterocycles. The van der Waals surface area contributed by atoms with E-state index in [2.05, 4.69) is 15.6 Å². The number of nitrogens with zero attached hydrogens (tertiary/aromatic N) is 1. The average Bonchev–Trinajstić information content (AvgIpc) is 2.74. The average molecular weight is 406 g/mol. The summed E-state index contributed by atoms with van der Waals surface area (Å²) in [5.74, 6) is 0.481. The molecule has 5 nitrogen and oxygen atoms in total. The second-order valence-corrected chi connectivity index (χ2v) is 6.92. The van der Waals surface area contributed by atoms with E-state index in [9.17, 15) is 4.79 Å². The van der Waals surface area contributed by atoms with Crippen LogP contribution in [0.25, 0.3) is 0 Å². The van der Waals surface area contributed by atoms with Crippen LogP contribution in [-0.4, -0.2) is 22.6 Å². The Balaban J connectivity index is 1.51. The van der Waals surface area contributed by atoms with Gasteiger partial charge < -0.3 is 10.1 Å². The first-order valence-corrected chi connectivity index (χ1v) is 9.88. The van der Waals surface area contributed by atoms with E-state index in [1.54, 1.807) is 36.7 Å². The predicted octanol–water partition coefficient (Wildman–Crippen LogP) is 4.59. The highest BCUT2D eigenvalue weighted by Gasteiger charge is 2.08. The SMILES string of the molecule is CCCOc1ccc(C(=O)NC(=S)Nc2ccc(Cc3ccncc3)cc2)cc1.